The lowest BCUT2D eigenvalue weighted by atomic mass is 9.92. The summed E-state index contributed by atoms with van der Waals surface area (Å²) in [6, 6.07) is 1.68. The van der Waals surface area contributed by atoms with Crippen molar-refractivity contribution in [3.8, 4) is 0 Å². The van der Waals surface area contributed by atoms with E-state index in [1.807, 2.05) is 4.68 Å². The minimum absolute atomic E-state index is 0.0580. The molecular weight excluding hydrogens is 328 g/mol. The number of hydrogen-bond acceptors (Lipinski definition) is 5. The van der Waals surface area contributed by atoms with Gasteiger partial charge >= 0.3 is 0 Å². The van der Waals surface area contributed by atoms with E-state index in [1.165, 1.54) is 11.1 Å². The zero-order chi connectivity index (χ0) is 17.9. The summed E-state index contributed by atoms with van der Waals surface area (Å²) in [6.45, 7) is 2.83. The zero-order valence-corrected chi connectivity index (χ0v) is 15.3. The molecule has 7 heteroatoms. The van der Waals surface area contributed by atoms with Crippen molar-refractivity contribution in [1.82, 2.24) is 24.8 Å². The van der Waals surface area contributed by atoms with Crippen LogP contribution in [0.5, 0.6) is 0 Å². The molecule has 0 aromatic carbocycles. The first-order valence-electron chi connectivity index (χ1n) is 9.52. The van der Waals surface area contributed by atoms with Gasteiger partial charge in [-0.05, 0) is 38.0 Å². The van der Waals surface area contributed by atoms with Crippen LogP contribution in [-0.4, -0.2) is 37.9 Å². The van der Waals surface area contributed by atoms with Gasteiger partial charge in [0.25, 0.3) is 5.56 Å². The molecule has 0 bridgehead atoms. The normalized spacial score (nSPS) is 21.3. The molecule has 1 fully saturated rings. The van der Waals surface area contributed by atoms with Gasteiger partial charge in [-0.3, -0.25) is 9.48 Å². The Morgan fingerprint density at radius 2 is 2.04 bits per heavy atom. The lowest BCUT2D eigenvalue weighted by molar-refractivity contribution is 0.339. The van der Waals surface area contributed by atoms with Crippen LogP contribution in [0.15, 0.2) is 35.4 Å². The molecule has 26 heavy (non-hydrogen) atoms. The Balaban J connectivity index is 1.32. The van der Waals surface area contributed by atoms with Crippen LogP contribution >= 0.6 is 0 Å². The van der Waals surface area contributed by atoms with Crippen LogP contribution in [0.3, 0.4) is 0 Å². The Morgan fingerprint density at radius 3 is 2.77 bits per heavy atom. The van der Waals surface area contributed by atoms with Crippen LogP contribution in [0.4, 0.5) is 5.69 Å². The van der Waals surface area contributed by atoms with Gasteiger partial charge in [0, 0.05) is 44.9 Å². The fraction of sp³-hybridized carbons (Fsp3) is 0.579. The van der Waals surface area contributed by atoms with E-state index in [2.05, 4.69) is 38.7 Å². The van der Waals surface area contributed by atoms with Crippen LogP contribution in [0.2, 0.25) is 0 Å². The van der Waals surface area contributed by atoms with E-state index in [9.17, 15) is 4.79 Å². The van der Waals surface area contributed by atoms with E-state index in [-0.39, 0.29) is 5.56 Å². The SMILES string of the molecule is Cn1ncc(N2CCC(Cn3cc(C4CC=CCC4)nn3)CC2)cc1=O. The molecule has 4 rings (SSSR count). The average molecular weight is 354 g/mol. The smallest absolute Gasteiger partial charge is 0.268 e. The molecule has 1 unspecified atom stereocenters. The largest absolute Gasteiger partial charge is 0.370 e. The Morgan fingerprint density at radius 1 is 1.19 bits per heavy atom. The van der Waals surface area contributed by atoms with Gasteiger partial charge in [0.05, 0.1) is 17.6 Å². The van der Waals surface area contributed by atoms with E-state index < -0.39 is 0 Å². The van der Waals surface area contributed by atoms with Crippen molar-refractivity contribution < 1.29 is 0 Å². The standard InChI is InChI=1S/C19H26N6O/c1-23-19(26)11-17(12-20-23)24-9-7-15(8-10-24)13-25-14-18(21-22-25)16-5-3-2-4-6-16/h2-3,11-12,14-16H,4-10,13H2,1H3. The van der Waals surface area contributed by atoms with Crippen LogP contribution in [-0.2, 0) is 13.6 Å². The Bertz CT molecular complexity index is 831. The monoisotopic (exact) mass is 354 g/mol. The van der Waals surface area contributed by atoms with Crippen LogP contribution < -0.4 is 10.5 Å². The molecule has 7 nitrogen and oxygen atoms in total. The second kappa shape index (κ2) is 7.43. The molecule has 1 saturated heterocycles. The molecule has 0 saturated carbocycles. The fourth-order valence-electron chi connectivity index (χ4n) is 3.92. The number of hydrogen-bond donors (Lipinski definition) is 0. The first kappa shape index (κ1) is 17.0. The number of aryl methyl sites for hydroxylation is 1. The molecule has 0 spiro atoms. The summed E-state index contributed by atoms with van der Waals surface area (Å²) in [5.41, 5.74) is 2.01. The van der Waals surface area contributed by atoms with Gasteiger partial charge in [-0.2, -0.15) is 5.10 Å². The molecule has 0 N–H and O–H groups in total. The quantitative estimate of drug-likeness (QED) is 0.787. The molecule has 0 amide bonds. The third-order valence-electron chi connectivity index (χ3n) is 5.62. The number of allylic oxidation sites excluding steroid dienone is 2. The molecule has 2 aromatic rings. The highest BCUT2D eigenvalue weighted by molar-refractivity contribution is 5.43. The van der Waals surface area contributed by atoms with Crippen molar-refractivity contribution in [2.24, 2.45) is 13.0 Å². The van der Waals surface area contributed by atoms with Gasteiger partial charge < -0.3 is 4.90 Å². The topological polar surface area (TPSA) is 68.8 Å². The first-order valence-corrected chi connectivity index (χ1v) is 9.52. The summed E-state index contributed by atoms with van der Waals surface area (Å²) in [4.78, 5) is 14.0. The lowest BCUT2D eigenvalue weighted by Crippen LogP contribution is -2.36. The highest BCUT2D eigenvalue weighted by Crippen LogP contribution is 2.28. The van der Waals surface area contributed by atoms with Gasteiger partial charge in [-0.25, -0.2) is 4.68 Å². The van der Waals surface area contributed by atoms with Gasteiger partial charge in [-0.1, -0.05) is 17.4 Å². The van der Waals surface area contributed by atoms with Crippen molar-refractivity contribution >= 4 is 5.69 Å². The summed E-state index contributed by atoms with van der Waals surface area (Å²) >= 11 is 0. The molecule has 138 valence electrons. The minimum atomic E-state index is -0.0580. The Kier molecular flexibility index (Phi) is 4.86. The Hall–Kier alpha value is -2.44. The van der Waals surface area contributed by atoms with Crippen molar-refractivity contribution in [1.29, 1.82) is 0 Å². The molecule has 1 aliphatic carbocycles. The molecular formula is C19H26N6O. The third-order valence-corrected chi connectivity index (χ3v) is 5.62. The first-order chi connectivity index (χ1) is 12.7. The summed E-state index contributed by atoms with van der Waals surface area (Å²) < 4.78 is 3.38. The number of anilines is 1. The summed E-state index contributed by atoms with van der Waals surface area (Å²) in [5.74, 6) is 1.13. The molecule has 3 heterocycles. The summed E-state index contributed by atoms with van der Waals surface area (Å²) in [6.07, 6.45) is 14.0. The van der Waals surface area contributed by atoms with Crippen LogP contribution in [0.1, 0.15) is 43.7 Å². The highest BCUT2D eigenvalue weighted by atomic mass is 16.1. The van der Waals surface area contributed by atoms with Crippen molar-refractivity contribution in [2.45, 2.75) is 44.6 Å². The molecule has 1 atom stereocenters. The molecule has 0 radical (unpaired) electrons. The maximum atomic E-state index is 11.8. The maximum Gasteiger partial charge on any atom is 0.268 e. The van der Waals surface area contributed by atoms with E-state index in [1.54, 1.807) is 19.3 Å². The molecule has 1 aliphatic heterocycles. The van der Waals surface area contributed by atoms with Gasteiger partial charge in [0.2, 0.25) is 0 Å². The number of piperidine rings is 1. The second-order valence-corrected chi connectivity index (χ2v) is 7.45. The van der Waals surface area contributed by atoms with Crippen molar-refractivity contribution in [3.05, 3.63) is 46.7 Å². The minimum Gasteiger partial charge on any atom is -0.370 e. The number of nitrogens with zero attached hydrogens (tertiary/aromatic N) is 6. The van der Waals surface area contributed by atoms with E-state index in [0.29, 0.717) is 11.8 Å². The van der Waals surface area contributed by atoms with Gasteiger partial charge in [0.1, 0.15) is 0 Å². The molecule has 2 aliphatic rings. The van der Waals surface area contributed by atoms with Crippen molar-refractivity contribution in [3.63, 3.8) is 0 Å². The Labute approximate surface area is 153 Å². The van der Waals surface area contributed by atoms with Crippen molar-refractivity contribution in [2.75, 3.05) is 18.0 Å². The van der Waals surface area contributed by atoms with E-state index >= 15 is 0 Å². The highest BCUT2D eigenvalue weighted by Gasteiger charge is 2.22. The van der Waals surface area contributed by atoms with E-state index in [4.69, 9.17) is 0 Å². The lowest BCUT2D eigenvalue weighted by Gasteiger charge is -2.33. The summed E-state index contributed by atoms with van der Waals surface area (Å²) in [7, 11) is 1.67. The molecule has 2 aromatic heterocycles. The fourth-order valence-corrected chi connectivity index (χ4v) is 3.92. The summed E-state index contributed by atoms with van der Waals surface area (Å²) in [5, 5.41) is 12.9. The van der Waals surface area contributed by atoms with E-state index in [0.717, 1.165) is 56.7 Å². The zero-order valence-electron chi connectivity index (χ0n) is 15.3. The average Bonchev–Trinajstić information content (AvgIpc) is 3.14. The predicted molar refractivity (Wildman–Crippen MR) is 100 cm³/mol. The van der Waals surface area contributed by atoms with Gasteiger partial charge in [0.15, 0.2) is 0 Å². The number of aromatic nitrogens is 5. The van der Waals surface area contributed by atoms with Crippen LogP contribution in [0, 0.1) is 5.92 Å². The second-order valence-electron chi connectivity index (χ2n) is 7.45. The van der Waals surface area contributed by atoms with Crippen LogP contribution in [0.25, 0.3) is 0 Å². The van der Waals surface area contributed by atoms with Gasteiger partial charge in [-0.15, -0.1) is 5.10 Å². The third kappa shape index (κ3) is 3.71. The maximum absolute atomic E-state index is 11.8. The number of rotatable bonds is 4. The predicted octanol–water partition coefficient (Wildman–Crippen LogP) is 2.11.